The molecule has 1 aliphatic rings. The van der Waals surface area contributed by atoms with E-state index in [9.17, 15) is 5.11 Å². The first kappa shape index (κ1) is 34.2. The van der Waals surface area contributed by atoms with E-state index in [1.807, 2.05) is 12.1 Å². The Morgan fingerprint density at radius 2 is 1.20 bits per heavy atom. The molecule has 0 bridgehead atoms. The van der Waals surface area contributed by atoms with Crippen molar-refractivity contribution in [2.75, 3.05) is 26.4 Å². The van der Waals surface area contributed by atoms with Gasteiger partial charge in [0.25, 0.3) is 0 Å². The number of hydrogen-bond donors (Lipinski definition) is 1. The largest absolute Gasteiger partial charge is 0.449 e. The van der Waals surface area contributed by atoms with Gasteiger partial charge in [0, 0.05) is 11.1 Å². The van der Waals surface area contributed by atoms with Crippen LogP contribution in [0.25, 0.3) is 0 Å². The molecular weight excluding hydrogens is 554 g/mol. The molecule has 1 fully saturated rings. The molecule has 41 heavy (non-hydrogen) atoms. The van der Waals surface area contributed by atoms with E-state index in [1.165, 1.54) is 11.1 Å². The highest BCUT2D eigenvalue weighted by Gasteiger charge is 2.40. The Labute approximate surface area is 251 Å². The summed E-state index contributed by atoms with van der Waals surface area (Å²) in [5.74, 6) is 1.59. The van der Waals surface area contributed by atoms with E-state index in [0.717, 1.165) is 22.6 Å². The second-order valence-corrected chi connectivity index (χ2v) is 17.2. The molecule has 1 heterocycles. The SMILES string of the molecule is CC(C)(C)c1ccc(OPOCC2(CO)COP(Oc3ccc(C(C)(C)C)cc3C(C)(C)C)OC2)c(C(C)(C)C)c1. The van der Waals surface area contributed by atoms with E-state index in [-0.39, 0.29) is 57.1 Å². The van der Waals surface area contributed by atoms with Crippen molar-refractivity contribution in [1.29, 1.82) is 0 Å². The molecule has 8 heteroatoms. The molecule has 0 aliphatic carbocycles. The molecular formula is C33H52O6P2. The Morgan fingerprint density at radius 3 is 1.63 bits per heavy atom. The van der Waals surface area contributed by atoms with Crippen LogP contribution in [0.5, 0.6) is 11.5 Å². The van der Waals surface area contributed by atoms with Gasteiger partial charge in [-0.2, -0.15) is 0 Å². The average molecular weight is 607 g/mol. The summed E-state index contributed by atoms with van der Waals surface area (Å²) in [6, 6.07) is 12.8. The van der Waals surface area contributed by atoms with Crippen LogP contribution in [0.2, 0.25) is 0 Å². The van der Waals surface area contributed by atoms with Crippen LogP contribution in [0, 0.1) is 5.41 Å². The van der Waals surface area contributed by atoms with E-state index >= 15 is 0 Å². The van der Waals surface area contributed by atoms with Crippen LogP contribution in [-0.4, -0.2) is 31.5 Å². The van der Waals surface area contributed by atoms with E-state index in [4.69, 9.17) is 22.6 Å². The zero-order valence-corrected chi connectivity index (χ0v) is 29.1. The lowest BCUT2D eigenvalue weighted by Crippen LogP contribution is -2.42. The number of aliphatic hydroxyl groups is 1. The summed E-state index contributed by atoms with van der Waals surface area (Å²) < 4.78 is 30.4. The third kappa shape index (κ3) is 9.12. The normalized spacial score (nSPS) is 21.0. The summed E-state index contributed by atoms with van der Waals surface area (Å²) in [5, 5.41) is 10.2. The number of aliphatic hydroxyl groups excluding tert-OH is 1. The molecule has 2 aromatic rings. The third-order valence-corrected chi connectivity index (χ3v) is 8.95. The van der Waals surface area contributed by atoms with Crippen LogP contribution in [0.4, 0.5) is 0 Å². The topological polar surface area (TPSA) is 66.4 Å². The molecule has 1 saturated heterocycles. The standard InChI is InChI=1S/C33H52O6P2/c1-29(2,3)23-13-15-27(25(17-23)31(7,8)9)38-40-35-20-33(19-34)21-36-41(37-22-33)39-28-16-14-24(30(4,5)6)18-26(28)32(10,11)12/h13-18,34,40H,19-22H2,1-12H3. The maximum atomic E-state index is 10.2. The highest BCUT2D eigenvalue weighted by Crippen LogP contribution is 2.50. The highest BCUT2D eigenvalue weighted by molar-refractivity contribution is 7.42. The maximum Gasteiger partial charge on any atom is 0.397 e. The monoisotopic (exact) mass is 606 g/mol. The lowest BCUT2D eigenvalue weighted by Gasteiger charge is -2.37. The van der Waals surface area contributed by atoms with Crippen molar-refractivity contribution in [3.05, 3.63) is 58.7 Å². The minimum Gasteiger partial charge on any atom is -0.449 e. The van der Waals surface area contributed by atoms with Crippen LogP contribution >= 0.6 is 17.6 Å². The molecule has 0 saturated carbocycles. The van der Waals surface area contributed by atoms with Crippen molar-refractivity contribution >= 4 is 17.6 Å². The first-order chi connectivity index (χ1) is 18.7. The van der Waals surface area contributed by atoms with Crippen molar-refractivity contribution in [2.24, 2.45) is 5.41 Å². The molecule has 3 rings (SSSR count). The Bertz CT molecular complexity index is 1150. The predicted octanol–water partition coefficient (Wildman–Crippen LogP) is 9.11. The van der Waals surface area contributed by atoms with Crippen molar-refractivity contribution in [3.8, 4) is 11.5 Å². The number of rotatable bonds is 8. The first-order valence-electron chi connectivity index (χ1n) is 14.4. The van der Waals surface area contributed by atoms with Gasteiger partial charge in [-0.3, -0.25) is 0 Å². The number of hydrogen-bond acceptors (Lipinski definition) is 6. The maximum absolute atomic E-state index is 10.2. The average Bonchev–Trinajstić information content (AvgIpc) is 2.85. The zero-order valence-electron chi connectivity index (χ0n) is 27.2. The molecule has 0 radical (unpaired) electrons. The lowest BCUT2D eigenvalue weighted by atomic mass is 9.80. The van der Waals surface area contributed by atoms with Crippen LogP contribution in [0.1, 0.15) is 105 Å². The van der Waals surface area contributed by atoms with Gasteiger partial charge in [-0.15, -0.1) is 0 Å². The van der Waals surface area contributed by atoms with E-state index < -0.39 is 14.0 Å². The molecule has 1 aliphatic heterocycles. The minimum absolute atomic E-state index is 0.0387. The van der Waals surface area contributed by atoms with Gasteiger partial charge in [0.15, 0.2) is 0 Å². The minimum atomic E-state index is -1.59. The van der Waals surface area contributed by atoms with Crippen molar-refractivity contribution < 1.29 is 27.7 Å². The summed E-state index contributed by atoms with van der Waals surface area (Å²) in [4.78, 5) is 0. The van der Waals surface area contributed by atoms with Gasteiger partial charge in [-0.05, 0) is 44.9 Å². The first-order valence-corrected chi connectivity index (χ1v) is 16.3. The fraction of sp³-hybridized carbons (Fsp3) is 0.636. The molecule has 0 amide bonds. The van der Waals surface area contributed by atoms with Crippen LogP contribution < -0.4 is 9.05 Å². The lowest BCUT2D eigenvalue weighted by molar-refractivity contribution is -0.0441. The van der Waals surface area contributed by atoms with Gasteiger partial charge in [0.2, 0.25) is 9.03 Å². The van der Waals surface area contributed by atoms with Gasteiger partial charge >= 0.3 is 8.60 Å². The second-order valence-electron chi connectivity index (χ2n) is 15.4. The molecule has 1 N–H and O–H groups in total. The van der Waals surface area contributed by atoms with Gasteiger partial charge in [-0.1, -0.05) is 107 Å². The fourth-order valence-electron chi connectivity index (χ4n) is 4.40. The Balaban J connectivity index is 1.61. The van der Waals surface area contributed by atoms with Gasteiger partial charge in [0.05, 0.1) is 31.8 Å². The quantitative estimate of drug-likeness (QED) is 0.239. The summed E-state index contributed by atoms with van der Waals surface area (Å²) in [7, 11) is -1.81. The predicted molar refractivity (Wildman–Crippen MR) is 172 cm³/mol. The van der Waals surface area contributed by atoms with Crippen molar-refractivity contribution in [3.63, 3.8) is 0 Å². The number of benzene rings is 2. The Morgan fingerprint density at radius 1 is 0.732 bits per heavy atom. The van der Waals surface area contributed by atoms with E-state index in [0.29, 0.717) is 0 Å². The molecule has 1 atom stereocenters. The van der Waals surface area contributed by atoms with E-state index in [1.54, 1.807) is 0 Å². The molecule has 0 spiro atoms. The fourth-order valence-corrected chi connectivity index (χ4v) is 6.35. The van der Waals surface area contributed by atoms with Gasteiger partial charge < -0.3 is 27.7 Å². The van der Waals surface area contributed by atoms with E-state index in [2.05, 4.69) is 107 Å². The molecule has 230 valence electrons. The van der Waals surface area contributed by atoms with Crippen molar-refractivity contribution in [1.82, 2.24) is 0 Å². The van der Waals surface area contributed by atoms with Gasteiger partial charge in [0.1, 0.15) is 11.5 Å². The molecule has 0 aromatic heterocycles. The van der Waals surface area contributed by atoms with Crippen LogP contribution in [-0.2, 0) is 35.2 Å². The summed E-state index contributed by atoms with van der Waals surface area (Å²) in [6.45, 7) is 27.0. The van der Waals surface area contributed by atoms with Crippen LogP contribution in [0.3, 0.4) is 0 Å². The second kappa shape index (κ2) is 12.8. The third-order valence-electron chi connectivity index (χ3n) is 7.36. The Hall–Kier alpha value is -1.26. The Kier molecular flexibility index (Phi) is 10.7. The smallest absolute Gasteiger partial charge is 0.397 e. The highest BCUT2D eigenvalue weighted by atomic mass is 31.2. The zero-order chi connectivity index (χ0) is 30.9. The van der Waals surface area contributed by atoms with Crippen molar-refractivity contribution in [2.45, 2.75) is 105 Å². The van der Waals surface area contributed by atoms with Gasteiger partial charge in [-0.25, -0.2) is 0 Å². The summed E-state index contributed by atoms with van der Waals surface area (Å²) >= 11 is 0. The summed E-state index contributed by atoms with van der Waals surface area (Å²) in [6.07, 6.45) is 0. The van der Waals surface area contributed by atoms with Crippen LogP contribution in [0.15, 0.2) is 36.4 Å². The molecule has 6 nitrogen and oxygen atoms in total. The summed E-state index contributed by atoms with van der Waals surface area (Å²) in [5.41, 5.74) is 4.03. The molecule has 1 unspecified atom stereocenters. The molecule has 2 aromatic carbocycles.